The first-order valence-electron chi connectivity index (χ1n) is 6.36. The molecule has 0 aliphatic heterocycles. The topological polar surface area (TPSA) is 108 Å². The third-order valence-corrected chi connectivity index (χ3v) is 2.66. The van der Waals surface area contributed by atoms with Crippen molar-refractivity contribution < 1.29 is 23.9 Å². The Labute approximate surface area is 122 Å². The van der Waals surface area contributed by atoms with Gasteiger partial charge in [-0.3, -0.25) is 4.79 Å². The largest absolute Gasteiger partial charge is 0.465 e. The zero-order valence-corrected chi connectivity index (χ0v) is 11.9. The number of hydrogen-bond acceptors (Lipinski definition) is 6. The van der Waals surface area contributed by atoms with Crippen molar-refractivity contribution in [3.05, 3.63) is 35.4 Å². The van der Waals surface area contributed by atoms with Crippen LogP contribution in [0.15, 0.2) is 24.3 Å². The van der Waals surface area contributed by atoms with Gasteiger partial charge in [-0.05, 0) is 24.6 Å². The van der Waals surface area contributed by atoms with Gasteiger partial charge in [-0.25, -0.2) is 9.59 Å². The predicted octanol–water partition coefficient (Wildman–Crippen LogP) is -0.0202. The molecule has 1 atom stereocenters. The van der Waals surface area contributed by atoms with Crippen LogP contribution in [0.1, 0.15) is 22.8 Å². The Morgan fingerprint density at radius 3 is 2.38 bits per heavy atom. The van der Waals surface area contributed by atoms with E-state index in [1.54, 1.807) is 31.2 Å². The molecule has 0 fully saturated rings. The SMILES string of the molecule is CCOC(=O)C(N)C(=O)NCc1ccc(C(=O)OC)cc1. The quantitative estimate of drug-likeness (QED) is 0.564. The summed E-state index contributed by atoms with van der Waals surface area (Å²) in [5.41, 5.74) is 6.61. The summed E-state index contributed by atoms with van der Waals surface area (Å²) in [5, 5.41) is 2.52. The number of hydrogen-bond donors (Lipinski definition) is 2. The fraction of sp³-hybridized carbons (Fsp3) is 0.357. The van der Waals surface area contributed by atoms with Gasteiger partial charge < -0.3 is 20.5 Å². The zero-order chi connectivity index (χ0) is 15.8. The van der Waals surface area contributed by atoms with Crippen LogP contribution in [0.3, 0.4) is 0 Å². The first-order valence-corrected chi connectivity index (χ1v) is 6.36. The van der Waals surface area contributed by atoms with E-state index in [0.717, 1.165) is 5.56 Å². The van der Waals surface area contributed by atoms with E-state index in [1.165, 1.54) is 7.11 Å². The second-order valence-electron chi connectivity index (χ2n) is 4.14. The number of nitrogens with two attached hydrogens (primary N) is 1. The average molecular weight is 294 g/mol. The third kappa shape index (κ3) is 4.88. The number of esters is 2. The van der Waals surface area contributed by atoms with E-state index in [2.05, 4.69) is 14.8 Å². The number of rotatable bonds is 6. The highest BCUT2D eigenvalue weighted by Crippen LogP contribution is 2.05. The normalized spacial score (nSPS) is 11.4. The minimum absolute atomic E-state index is 0.162. The molecule has 3 N–H and O–H groups in total. The fourth-order valence-electron chi connectivity index (χ4n) is 1.51. The van der Waals surface area contributed by atoms with Gasteiger partial charge in [-0.1, -0.05) is 12.1 Å². The lowest BCUT2D eigenvalue weighted by Gasteiger charge is -2.11. The Hall–Kier alpha value is -2.41. The van der Waals surface area contributed by atoms with Crippen LogP contribution in [0.4, 0.5) is 0 Å². The first-order chi connectivity index (χ1) is 9.99. The number of amides is 1. The molecule has 0 bridgehead atoms. The molecular formula is C14H18N2O5. The van der Waals surface area contributed by atoms with E-state index in [0.29, 0.717) is 5.56 Å². The van der Waals surface area contributed by atoms with Crippen molar-refractivity contribution in [1.29, 1.82) is 0 Å². The number of nitrogens with one attached hydrogen (secondary N) is 1. The Balaban J connectivity index is 2.53. The van der Waals surface area contributed by atoms with Gasteiger partial charge in [0.15, 0.2) is 6.04 Å². The molecule has 0 spiro atoms. The maximum atomic E-state index is 11.6. The summed E-state index contributed by atoms with van der Waals surface area (Å²) in [6, 6.07) is 5.15. The molecule has 7 nitrogen and oxygen atoms in total. The Bertz CT molecular complexity index is 513. The molecule has 1 unspecified atom stereocenters. The molecule has 0 aromatic heterocycles. The zero-order valence-electron chi connectivity index (χ0n) is 11.9. The van der Waals surface area contributed by atoms with E-state index in [9.17, 15) is 14.4 Å². The van der Waals surface area contributed by atoms with Crippen LogP contribution in [-0.4, -0.2) is 37.6 Å². The van der Waals surface area contributed by atoms with Crippen LogP contribution in [0.25, 0.3) is 0 Å². The molecule has 1 aromatic carbocycles. The van der Waals surface area contributed by atoms with Gasteiger partial charge >= 0.3 is 11.9 Å². The van der Waals surface area contributed by atoms with Crippen LogP contribution in [-0.2, 0) is 25.6 Å². The maximum Gasteiger partial charge on any atom is 0.337 e. The van der Waals surface area contributed by atoms with Crippen molar-refractivity contribution in [3.63, 3.8) is 0 Å². The van der Waals surface area contributed by atoms with E-state index in [1.807, 2.05) is 0 Å². The summed E-state index contributed by atoms with van der Waals surface area (Å²) < 4.78 is 9.23. The molecule has 1 aromatic rings. The number of benzene rings is 1. The molecule has 0 heterocycles. The lowest BCUT2D eigenvalue weighted by atomic mass is 10.1. The summed E-state index contributed by atoms with van der Waals surface area (Å²) in [5.74, 6) is -1.82. The smallest absolute Gasteiger partial charge is 0.337 e. The highest BCUT2D eigenvalue weighted by Gasteiger charge is 2.22. The Kier molecular flexibility index (Phi) is 6.35. The van der Waals surface area contributed by atoms with Crippen LogP contribution >= 0.6 is 0 Å². The third-order valence-electron chi connectivity index (χ3n) is 2.66. The molecule has 0 radical (unpaired) electrons. The van der Waals surface area contributed by atoms with Crippen molar-refractivity contribution in [1.82, 2.24) is 5.32 Å². The first kappa shape index (κ1) is 16.6. The fourth-order valence-corrected chi connectivity index (χ4v) is 1.51. The second kappa shape index (κ2) is 8.01. The molecule has 0 saturated carbocycles. The van der Waals surface area contributed by atoms with Crippen LogP contribution in [0.5, 0.6) is 0 Å². The molecule has 0 saturated heterocycles. The van der Waals surface area contributed by atoms with Crippen molar-refractivity contribution in [2.75, 3.05) is 13.7 Å². The summed E-state index contributed by atoms with van der Waals surface area (Å²) in [6.45, 7) is 1.98. The van der Waals surface area contributed by atoms with Crippen LogP contribution in [0.2, 0.25) is 0 Å². The maximum absolute atomic E-state index is 11.6. The monoisotopic (exact) mass is 294 g/mol. The molecular weight excluding hydrogens is 276 g/mol. The lowest BCUT2D eigenvalue weighted by molar-refractivity contribution is -0.148. The number of carbonyl (C=O) groups is 3. The van der Waals surface area contributed by atoms with E-state index in [-0.39, 0.29) is 13.2 Å². The minimum Gasteiger partial charge on any atom is -0.465 e. The summed E-state index contributed by atoms with van der Waals surface area (Å²) in [4.78, 5) is 34.2. The molecule has 114 valence electrons. The second-order valence-corrected chi connectivity index (χ2v) is 4.14. The highest BCUT2D eigenvalue weighted by molar-refractivity contribution is 6.01. The van der Waals surface area contributed by atoms with Crippen molar-refractivity contribution in [2.24, 2.45) is 5.73 Å². The van der Waals surface area contributed by atoms with Gasteiger partial charge in [0.25, 0.3) is 0 Å². The van der Waals surface area contributed by atoms with E-state index >= 15 is 0 Å². The van der Waals surface area contributed by atoms with Crippen LogP contribution < -0.4 is 11.1 Å². The molecule has 1 amide bonds. The van der Waals surface area contributed by atoms with Gasteiger partial charge in [0, 0.05) is 6.54 Å². The summed E-state index contributed by atoms with van der Waals surface area (Å²) in [7, 11) is 1.30. The van der Waals surface area contributed by atoms with Gasteiger partial charge in [-0.15, -0.1) is 0 Å². The minimum atomic E-state index is -1.35. The Morgan fingerprint density at radius 1 is 1.24 bits per heavy atom. The number of ether oxygens (including phenoxy) is 2. The summed E-state index contributed by atoms with van der Waals surface area (Å²) in [6.07, 6.45) is 0. The molecule has 21 heavy (non-hydrogen) atoms. The van der Waals surface area contributed by atoms with E-state index < -0.39 is 23.9 Å². The molecule has 7 heteroatoms. The number of methoxy groups -OCH3 is 1. The summed E-state index contributed by atoms with van der Waals surface area (Å²) >= 11 is 0. The van der Waals surface area contributed by atoms with Gasteiger partial charge in [-0.2, -0.15) is 0 Å². The van der Waals surface area contributed by atoms with Gasteiger partial charge in [0.1, 0.15) is 0 Å². The van der Waals surface area contributed by atoms with Gasteiger partial charge in [0.2, 0.25) is 5.91 Å². The predicted molar refractivity (Wildman–Crippen MR) is 74.2 cm³/mol. The van der Waals surface area contributed by atoms with E-state index in [4.69, 9.17) is 5.73 Å². The molecule has 0 aliphatic carbocycles. The van der Waals surface area contributed by atoms with Crippen molar-refractivity contribution >= 4 is 17.8 Å². The Morgan fingerprint density at radius 2 is 1.86 bits per heavy atom. The average Bonchev–Trinajstić information content (AvgIpc) is 2.51. The molecule has 1 rings (SSSR count). The number of carbonyl (C=O) groups excluding carboxylic acids is 3. The van der Waals surface area contributed by atoms with Gasteiger partial charge in [0.05, 0.1) is 19.3 Å². The van der Waals surface area contributed by atoms with Crippen LogP contribution in [0, 0.1) is 0 Å². The van der Waals surface area contributed by atoms with Crippen molar-refractivity contribution in [3.8, 4) is 0 Å². The lowest BCUT2D eigenvalue weighted by Crippen LogP contribution is -2.46. The van der Waals surface area contributed by atoms with Crippen molar-refractivity contribution in [2.45, 2.75) is 19.5 Å². The standard InChI is InChI=1S/C14H18N2O5/c1-3-21-14(19)11(15)12(17)16-8-9-4-6-10(7-5-9)13(18)20-2/h4-7,11H,3,8,15H2,1-2H3,(H,16,17). The highest BCUT2D eigenvalue weighted by atomic mass is 16.5. The molecule has 0 aliphatic rings.